The smallest absolute Gasteiger partial charge is 0.259 e. The van der Waals surface area contributed by atoms with E-state index in [2.05, 4.69) is 20.4 Å². The second kappa shape index (κ2) is 8.77. The molecule has 1 amide bonds. The van der Waals surface area contributed by atoms with Gasteiger partial charge in [-0.1, -0.05) is 47.6 Å². The largest absolute Gasteiger partial charge is 0.379 e. The van der Waals surface area contributed by atoms with Crippen LogP contribution in [0.15, 0.2) is 59.1 Å². The van der Waals surface area contributed by atoms with E-state index in [-0.39, 0.29) is 5.91 Å². The average molecular weight is 406 g/mol. The highest BCUT2D eigenvalue weighted by Gasteiger charge is 2.27. The number of carbonyl (C=O) groups excluding carboxylic acids is 1. The van der Waals surface area contributed by atoms with Gasteiger partial charge in [0.2, 0.25) is 5.82 Å². The third-order valence-corrected chi connectivity index (χ3v) is 5.03. The van der Waals surface area contributed by atoms with Crippen LogP contribution < -0.4 is 5.32 Å². The lowest BCUT2D eigenvalue weighted by molar-refractivity contribution is 0.0269. The van der Waals surface area contributed by atoms with Gasteiger partial charge in [0.25, 0.3) is 11.8 Å². The van der Waals surface area contributed by atoms with E-state index < -0.39 is 5.54 Å². The number of morpholine rings is 1. The first kappa shape index (κ1) is 20.3. The third kappa shape index (κ3) is 4.75. The van der Waals surface area contributed by atoms with Crippen LogP contribution in [0.25, 0.3) is 22.8 Å². The first-order valence-corrected chi connectivity index (χ1v) is 10.1. The van der Waals surface area contributed by atoms with Gasteiger partial charge in [0.1, 0.15) is 0 Å². The molecule has 1 fully saturated rings. The predicted molar refractivity (Wildman–Crippen MR) is 114 cm³/mol. The zero-order valence-electron chi connectivity index (χ0n) is 17.3. The number of hydrogen-bond acceptors (Lipinski definition) is 6. The second-order valence-electron chi connectivity index (χ2n) is 8.06. The highest BCUT2D eigenvalue weighted by Crippen LogP contribution is 2.25. The number of aromatic nitrogens is 2. The summed E-state index contributed by atoms with van der Waals surface area (Å²) < 4.78 is 10.9. The zero-order valence-corrected chi connectivity index (χ0v) is 17.3. The molecule has 0 aliphatic carbocycles. The monoisotopic (exact) mass is 406 g/mol. The fourth-order valence-corrected chi connectivity index (χ4v) is 3.64. The predicted octanol–water partition coefficient (Wildman–Crippen LogP) is 3.24. The van der Waals surface area contributed by atoms with Crippen LogP contribution >= 0.6 is 0 Å². The minimum atomic E-state index is -0.397. The lowest BCUT2D eigenvalue weighted by atomic mass is 10.0. The van der Waals surface area contributed by atoms with Crippen molar-refractivity contribution < 1.29 is 14.1 Å². The molecule has 3 aromatic rings. The number of ether oxygens (including phenoxy) is 1. The van der Waals surface area contributed by atoms with Gasteiger partial charge in [-0.15, -0.1) is 0 Å². The molecular formula is C23H26N4O3. The number of carbonyl (C=O) groups is 1. The Morgan fingerprint density at radius 1 is 1.07 bits per heavy atom. The maximum atomic E-state index is 13.1. The molecule has 4 rings (SSSR count). The number of nitrogens with one attached hydrogen (secondary N) is 1. The van der Waals surface area contributed by atoms with Crippen LogP contribution in [0.1, 0.15) is 24.2 Å². The highest BCUT2D eigenvalue weighted by molar-refractivity contribution is 6.00. The van der Waals surface area contributed by atoms with Gasteiger partial charge in [0, 0.05) is 30.7 Å². The molecule has 156 valence electrons. The molecule has 0 saturated carbocycles. The fourth-order valence-electron chi connectivity index (χ4n) is 3.64. The van der Waals surface area contributed by atoms with Crippen LogP contribution in [-0.4, -0.2) is 59.3 Å². The van der Waals surface area contributed by atoms with Crippen molar-refractivity contribution in [3.05, 3.63) is 60.2 Å². The van der Waals surface area contributed by atoms with E-state index in [0.717, 1.165) is 38.4 Å². The van der Waals surface area contributed by atoms with Crippen LogP contribution in [0, 0.1) is 0 Å². The molecular weight excluding hydrogens is 380 g/mol. The molecule has 7 nitrogen and oxygen atoms in total. The van der Waals surface area contributed by atoms with E-state index >= 15 is 0 Å². The molecule has 0 unspecified atom stereocenters. The van der Waals surface area contributed by atoms with E-state index in [4.69, 9.17) is 9.26 Å². The summed E-state index contributed by atoms with van der Waals surface area (Å²) >= 11 is 0. The first-order chi connectivity index (χ1) is 14.5. The summed E-state index contributed by atoms with van der Waals surface area (Å²) in [6, 6.07) is 16.9. The van der Waals surface area contributed by atoms with Crippen molar-refractivity contribution in [2.24, 2.45) is 0 Å². The van der Waals surface area contributed by atoms with Crippen molar-refractivity contribution in [2.45, 2.75) is 19.4 Å². The maximum absolute atomic E-state index is 13.1. The van der Waals surface area contributed by atoms with Crippen molar-refractivity contribution in [2.75, 3.05) is 32.8 Å². The minimum absolute atomic E-state index is 0.164. The molecule has 30 heavy (non-hydrogen) atoms. The van der Waals surface area contributed by atoms with Gasteiger partial charge >= 0.3 is 0 Å². The topological polar surface area (TPSA) is 80.5 Å². The van der Waals surface area contributed by atoms with Gasteiger partial charge in [-0.25, -0.2) is 0 Å². The zero-order chi connectivity index (χ0) is 21.0. The molecule has 1 aliphatic rings. The Labute approximate surface area is 176 Å². The maximum Gasteiger partial charge on any atom is 0.259 e. The minimum Gasteiger partial charge on any atom is -0.379 e. The standard InChI is InChI=1S/C23H26N4O3/c1-23(2,16-27-12-14-29-15-13-27)25-21(28)18-10-6-7-11-19(18)22-24-20(26-30-22)17-8-4-3-5-9-17/h3-11H,12-16H2,1-2H3,(H,25,28). The Hall–Kier alpha value is -3.03. The molecule has 1 N–H and O–H groups in total. The van der Waals surface area contributed by atoms with E-state index in [1.165, 1.54) is 0 Å². The fraction of sp³-hybridized carbons (Fsp3) is 0.348. The molecule has 2 heterocycles. The van der Waals surface area contributed by atoms with Crippen LogP contribution in [0.2, 0.25) is 0 Å². The summed E-state index contributed by atoms with van der Waals surface area (Å²) in [5, 5.41) is 7.24. The number of hydrogen-bond donors (Lipinski definition) is 1. The van der Waals surface area contributed by atoms with Crippen molar-refractivity contribution in [3.8, 4) is 22.8 Å². The quantitative estimate of drug-likeness (QED) is 0.677. The van der Waals surface area contributed by atoms with Gasteiger partial charge in [-0.2, -0.15) is 4.98 Å². The number of benzene rings is 2. The van der Waals surface area contributed by atoms with Crippen molar-refractivity contribution in [1.82, 2.24) is 20.4 Å². The molecule has 1 aliphatic heterocycles. The third-order valence-electron chi connectivity index (χ3n) is 5.03. The van der Waals surface area contributed by atoms with Gasteiger partial charge in [-0.05, 0) is 26.0 Å². The van der Waals surface area contributed by atoms with Gasteiger partial charge in [0.05, 0.1) is 24.3 Å². The van der Waals surface area contributed by atoms with Gasteiger partial charge in [-0.3, -0.25) is 9.69 Å². The number of amides is 1. The van der Waals surface area contributed by atoms with E-state index in [9.17, 15) is 4.79 Å². The van der Waals surface area contributed by atoms with E-state index in [0.29, 0.717) is 22.8 Å². The summed E-state index contributed by atoms with van der Waals surface area (Å²) in [5.41, 5.74) is 1.59. The summed E-state index contributed by atoms with van der Waals surface area (Å²) in [4.78, 5) is 19.9. The first-order valence-electron chi connectivity index (χ1n) is 10.1. The second-order valence-corrected chi connectivity index (χ2v) is 8.06. The number of rotatable bonds is 6. The molecule has 1 aromatic heterocycles. The Morgan fingerprint density at radius 2 is 1.77 bits per heavy atom. The SMILES string of the molecule is CC(C)(CN1CCOCC1)NC(=O)c1ccccc1-c1nc(-c2ccccc2)no1. The lowest BCUT2D eigenvalue weighted by Gasteiger charge is -2.35. The van der Waals surface area contributed by atoms with E-state index in [1.54, 1.807) is 6.07 Å². The summed E-state index contributed by atoms with van der Waals surface area (Å²) in [7, 11) is 0. The normalized spacial score (nSPS) is 15.1. The van der Waals surface area contributed by atoms with Crippen molar-refractivity contribution in [1.29, 1.82) is 0 Å². The Bertz CT molecular complexity index is 994. The van der Waals surface area contributed by atoms with Crippen molar-refractivity contribution >= 4 is 5.91 Å². The van der Waals surface area contributed by atoms with Crippen LogP contribution in [0.5, 0.6) is 0 Å². The van der Waals surface area contributed by atoms with Crippen LogP contribution in [-0.2, 0) is 4.74 Å². The average Bonchev–Trinajstić information content (AvgIpc) is 3.24. The van der Waals surface area contributed by atoms with Gasteiger partial charge in [0.15, 0.2) is 0 Å². The highest BCUT2D eigenvalue weighted by atomic mass is 16.5. The Balaban J connectivity index is 1.53. The van der Waals surface area contributed by atoms with Gasteiger partial charge < -0.3 is 14.6 Å². The summed E-state index contributed by atoms with van der Waals surface area (Å²) in [6.07, 6.45) is 0. The molecule has 1 saturated heterocycles. The van der Waals surface area contributed by atoms with Crippen LogP contribution in [0.4, 0.5) is 0 Å². The van der Waals surface area contributed by atoms with Crippen molar-refractivity contribution in [3.63, 3.8) is 0 Å². The summed E-state index contributed by atoms with van der Waals surface area (Å²) in [6.45, 7) is 8.02. The molecule has 0 radical (unpaired) electrons. The molecule has 7 heteroatoms. The molecule has 0 spiro atoms. The van der Waals surface area contributed by atoms with Crippen LogP contribution in [0.3, 0.4) is 0 Å². The number of nitrogens with zero attached hydrogens (tertiary/aromatic N) is 3. The molecule has 0 bridgehead atoms. The van der Waals surface area contributed by atoms with E-state index in [1.807, 2.05) is 62.4 Å². The lowest BCUT2D eigenvalue weighted by Crippen LogP contribution is -2.53. The Kier molecular flexibility index (Phi) is 5.92. The Morgan fingerprint density at radius 3 is 2.53 bits per heavy atom. The molecule has 0 atom stereocenters. The summed E-state index contributed by atoms with van der Waals surface area (Å²) in [5.74, 6) is 0.655. The molecule has 2 aromatic carbocycles.